The van der Waals surface area contributed by atoms with Crippen LogP contribution in [0.3, 0.4) is 0 Å². The van der Waals surface area contributed by atoms with E-state index in [1.54, 1.807) is 24.3 Å². The van der Waals surface area contributed by atoms with Crippen molar-refractivity contribution in [3.8, 4) is 17.1 Å². The maximum Gasteiger partial charge on any atom is 0.259 e. The molecule has 4 rings (SSSR count). The van der Waals surface area contributed by atoms with Crippen LogP contribution in [0.2, 0.25) is 0 Å². The van der Waals surface area contributed by atoms with Gasteiger partial charge in [-0.15, -0.1) is 10.2 Å². The second-order valence-electron chi connectivity index (χ2n) is 7.18. The lowest BCUT2D eigenvalue weighted by molar-refractivity contribution is -0.119. The van der Waals surface area contributed by atoms with Crippen LogP contribution >= 0.6 is 0 Å². The molecule has 30 heavy (non-hydrogen) atoms. The third-order valence-electron chi connectivity index (χ3n) is 5.01. The van der Waals surface area contributed by atoms with Gasteiger partial charge < -0.3 is 20.4 Å². The minimum Gasteiger partial charge on any atom is -0.483 e. The van der Waals surface area contributed by atoms with Gasteiger partial charge in [0.05, 0.1) is 5.56 Å². The van der Waals surface area contributed by atoms with Crippen LogP contribution in [0.1, 0.15) is 35.4 Å². The first-order valence-corrected chi connectivity index (χ1v) is 9.96. The Morgan fingerprint density at radius 3 is 2.63 bits per heavy atom. The summed E-state index contributed by atoms with van der Waals surface area (Å²) < 4.78 is 7.52. The van der Waals surface area contributed by atoms with Crippen LogP contribution in [0.4, 0.5) is 5.69 Å². The molecule has 1 aromatic heterocycles. The number of ether oxygens (including phenoxy) is 1. The third-order valence-corrected chi connectivity index (χ3v) is 5.01. The summed E-state index contributed by atoms with van der Waals surface area (Å²) in [5.41, 5.74) is 7.04. The molecule has 3 N–H and O–H groups in total. The van der Waals surface area contributed by atoms with Crippen molar-refractivity contribution in [2.75, 3.05) is 11.9 Å². The standard InChI is InChI=1S/C22H23N5O3/c23-19(28)14-30-18-7-4-3-6-17(18)22(29)24-16-11-9-15(10-12-16)21-26-25-20-8-2-1-5-13-27(20)21/h3-4,6-7,9-12H,1-2,5,8,13-14H2,(H2,23,28)(H,24,29). The average molecular weight is 405 g/mol. The van der Waals surface area contributed by atoms with Gasteiger partial charge in [0.15, 0.2) is 12.4 Å². The second kappa shape index (κ2) is 8.77. The number of rotatable bonds is 6. The van der Waals surface area contributed by atoms with Gasteiger partial charge >= 0.3 is 0 Å². The fourth-order valence-electron chi connectivity index (χ4n) is 3.53. The lowest BCUT2D eigenvalue weighted by atomic mass is 10.1. The molecule has 8 nitrogen and oxygen atoms in total. The van der Waals surface area contributed by atoms with Crippen LogP contribution in [0.5, 0.6) is 5.75 Å². The van der Waals surface area contributed by atoms with Crippen molar-refractivity contribution in [3.05, 3.63) is 59.9 Å². The zero-order chi connectivity index (χ0) is 20.9. The molecule has 0 spiro atoms. The summed E-state index contributed by atoms with van der Waals surface area (Å²) in [5.74, 6) is 1.25. The van der Waals surface area contributed by atoms with Crippen molar-refractivity contribution in [1.29, 1.82) is 0 Å². The van der Waals surface area contributed by atoms with E-state index in [1.165, 1.54) is 6.42 Å². The third kappa shape index (κ3) is 4.32. The maximum absolute atomic E-state index is 12.7. The first kappa shape index (κ1) is 19.6. The van der Waals surface area contributed by atoms with E-state index in [9.17, 15) is 9.59 Å². The number of para-hydroxylation sites is 1. The highest BCUT2D eigenvalue weighted by atomic mass is 16.5. The first-order chi connectivity index (χ1) is 14.6. The number of nitrogens with one attached hydrogen (secondary N) is 1. The van der Waals surface area contributed by atoms with E-state index in [2.05, 4.69) is 20.1 Å². The predicted octanol–water partition coefficient (Wildman–Crippen LogP) is 2.79. The molecular weight excluding hydrogens is 382 g/mol. The Bertz CT molecular complexity index is 1060. The smallest absolute Gasteiger partial charge is 0.259 e. The number of primary amides is 1. The maximum atomic E-state index is 12.7. The Balaban J connectivity index is 1.49. The molecule has 1 aliphatic heterocycles. The highest BCUT2D eigenvalue weighted by molar-refractivity contribution is 6.06. The highest BCUT2D eigenvalue weighted by Crippen LogP contribution is 2.25. The van der Waals surface area contributed by atoms with Crippen molar-refractivity contribution in [3.63, 3.8) is 0 Å². The minimum atomic E-state index is -0.604. The predicted molar refractivity (Wildman–Crippen MR) is 112 cm³/mol. The number of amides is 2. The Morgan fingerprint density at radius 1 is 1.03 bits per heavy atom. The summed E-state index contributed by atoms with van der Waals surface area (Å²) in [5, 5.41) is 11.6. The number of benzene rings is 2. The fraction of sp³-hybridized carbons (Fsp3) is 0.273. The molecule has 2 heterocycles. The quantitative estimate of drug-likeness (QED) is 0.655. The van der Waals surface area contributed by atoms with Gasteiger partial charge in [-0.3, -0.25) is 9.59 Å². The number of aryl methyl sites for hydroxylation is 1. The molecule has 0 unspecified atom stereocenters. The number of nitrogens with two attached hydrogens (primary N) is 1. The lowest BCUT2D eigenvalue weighted by Crippen LogP contribution is -2.21. The first-order valence-electron chi connectivity index (χ1n) is 9.96. The van der Waals surface area contributed by atoms with Crippen molar-refractivity contribution in [1.82, 2.24) is 14.8 Å². The van der Waals surface area contributed by atoms with Crippen molar-refractivity contribution in [2.24, 2.45) is 5.73 Å². The van der Waals surface area contributed by atoms with Crippen LogP contribution in [0.15, 0.2) is 48.5 Å². The number of carbonyl (C=O) groups is 2. The van der Waals surface area contributed by atoms with Gasteiger partial charge in [-0.1, -0.05) is 18.6 Å². The SMILES string of the molecule is NC(=O)COc1ccccc1C(=O)Nc1ccc(-c2nnc3n2CCCCC3)cc1. The normalized spacial score (nSPS) is 13.2. The zero-order valence-electron chi connectivity index (χ0n) is 16.5. The number of fused-ring (bicyclic) bond motifs is 1. The van der Waals surface area contributed by atoms with E-state index in [4.69, 9.17) is 10.5 Å². The molecule has 0 saturated heterocycles. The molecule has 0 bridgehead atoms. The van der Waals surface area contributed by atoms with Gasteiger partial charge in [0.1, 0.15) is 11.6 Å². The Labute approximate surface area is 174 Å². The topological polar surface area (TPSA) is 112 Å². The van der Waals surface area contributed by atoms with Crippen LogP contribution < -0.4 is 15.8 Å². The summed E-state index contributed by atoms with van der Waals surface area (Å²) in [7, 11) is 0. The number of anilines is 1. The Hall–Kier alpha value is -3.68. The Kier molecular flexibility index (Phi) is 5.74. The summed E-state index contributed by atoms with van der Waals surface area (Å²) >= 11 is 0. The molecule has 0 atom stereocenters. The molecular formula is C22H23N5O3. The molecule has 3 aromatic rings. The number of nitrogens with zero attached hydrogens (tertiary/aromatic N) is 3. The van der Waals surface area contributed by atoms with Crippen LogP contribution in [-0.2, 0) is 17.8 Å². The van der Waals surface area contributed by atoms with Gasteiger partial charge in [-0.2, -0.15) is 0 Å². The number of aromatic nitrogens is 3. The summed E-state index contributed by atoms with van der Waals surface area (Å²) in [4.78, 5) is 23.7. The van der Waals surface area contributed by atoms with Gasteiger partial charge in [-0.25, -0.2) is 0 Å². The van der Waals surface area contributed by atoms with E-state index in [0.717, 1.165) is 43.0 Å². The lowest BCUT2D eigenvalue weighted by Gasteiger charge is -2.11. The minimum absolute atomic E-state index is 0.290. The molecule has 2 amide bonds. The summed E-state index contributed by atoms with van der Waals surface area (Å²) in [6, 6.07) is 14.2. The van der Waals surface area contributed by atoms with Crippen molar-refractivity contribution >= 4 is 17.5 Å². The molecule has 0 saturated carbocycles. The molecule has 2 aromatic carbocycles. The van der Waals surface area contributed by atoms with E-state index in [1.807, 2.05) is 24.3 Å². The van der Waals surface area contributed by atoms with Crippen LogP contribution in [0, 0.1) is 0 Å². The zero-order valence-corrected chi connectivity index (χ0v) is 16.5. The van der Waals surface area contributed by atoms with Gasteiger partial charge in [0.25, 0.3) is 11.8 Å². The van der Waals surface area contributed by atoms with E-state index in [0.29, 0.717) is 17.0 Å². The molecule has 0 aliphatic carbocycles. The fourth-order valence-corrected chi connectivity index (χ4v) is 3.53. The van der Waals surface area contributed by atoms with E-state index in [-0.39, 0.29) is 12.5 Å². The number of hydrogen-bond acceptors (Lipinski definition) is 5. The summed E-state index contributed by atoms with van der Waals surface area (Å²) in [6.07, 6.45) is 4.44. The number of carbonyl (C=O) groups excluding carboxylic acids is 2. The van der Waals surface area contributed by atoms with Crippen LogP contribution in [-0.4, -0.2) is 33.2 Å². The molecule has 0 fully saturated rings. The second-order valence-corrected chi connectivity index (χ2v) is 7.18. The van der Waals surface area contributed by atoms with E-state index >= 15 is 0 Å². The monoisotopic (exact) mass is 405 g/mol. The van der Waals surface area contributed by atoms with Gasteiger partial charge in [-0.05, 0) is 49.2 Å². The van der Waals surface area contributed by atoms with E-state index < -0.39 is 5.91 Å². The van der Waals surface area contributed by atoms with Crippen LogP contribution in [0.25, 0.3) is 11.4 Å². The van der Waals surface area contributed by atoms with Crippen molar-refractivity contribution < 1.29 is 14.3 Å². The summed E-state index contributed by atoms with van der Waals surface area (Å²) in [6.45, 7) is 0.639. The van der Waals surface area contributed by atoms with Gasteiger partial charge in [0.2, 0.25) is 0 Å². The van der Waals surface area contributed by atoms with Crippen molar-refractivity contribution in [2.45, 2.75) is 32.2 Å². The van der Waals surface area contributed by atoms with Gasteiger partial charge in [0, 0.05) is 24.2 Å². The molecule has 8 heteroatoms. The molecule has 154 valence electrons. The molecule has 0 radical (unpaired) electrons. The average Bonchev–Trinajstić information content (AvgIpc) is 3.01. The number of hydrogen-bond donors (Lipinski definition) is 2. The Morgan fingerprint density at radius 2 is 1.83 bits per heavy atom. The largest absolute Gasteiger partial charge is 0.483 e. The highest BCUT2D eigenvalue weighted by Gasteiger charge is 2.17. The molecule has 1 aliphatic rings.